The van der Waals surface area contributed by atoms with E-state index in [0.717, 1.165) is 29.0 Å². The van der Waals surface area contributed by atoms with Gasteiger partial charge in [-0.2, -0.15) is 4.98 Å². The molecule has 0 aliphatic rings. The lowest BCUT2D eigenvalue weighted by Crippen LogP contribution is -2.13. The van der Waals surface area contributed by atoms with Crippen molar-refractivity contribution in [2.75, 3.05) is 17.3 Å². The molecule has 4 N–H and O–H groups in total. The SMILES string of the molecule is Cc1cc2c(NCCc3ccncc3)nc(NN)nc2s1. The fourth-order valence-electron chi connectivity index (χ4n) is 2.12. The fourth-order valence-corrected chi connectivity index (χ4v) is 3.00. The molecule has 0 amide bonds. The smallest absolute Gasteiger partial charge is 0.240 e. The Morgan fingerprint density at radius 1 is 1.24 bits per heavy atom. The van der Waals surface area contributed by atoms with Crippen LogP contribution in [0.15, 0.2) is 30.6 Å². The molecule has 3 aromatic heterocycles. The molecular formula is C14H16N6S. The molecule has 6 nitrogen and oxygen atoms in total. The average Bonchev–Trinajstić information content (AvgIpc) is 2.88. The van der Waals surface area contributed by atoms with E-state index in [0.29, 0.717) is 5.95 Å². The van der Waals surface area contributed by atoms with Crippen LogP contribution in [0.4, 0.5) is 11.8 Å². The first-order chi connectivity index (χ1) is 10.3. The van der Waals surface area contributed by atoms with Crippen LogP contribution in [0.25, 0.3) is 10.2 Å². The van der Waals surface area contributed by atoms with Gasteiger partial charge in [0.2, 0.25) is 5.95 Å². The van der Waals surface area contributed by atoms with Gasteiger partial charge in [-0.25, -0.2) is 10.8 Å². The number of anilines is 2. The maximum Gasteiger partial charge on any atom is 0.240 e. The van der Waals surface area contributed by atoms with Crippen molar-refractivity contribution < 1.29 is 0 Å². The quantitative estimate of drug-likeness (QED) is 0.495. The summed E-state index contributed by atoms with van der Waals surface area (Å²) in [6.45, 7) is 2.84. The monoisotopic (exact) mass is 300 g/mol. The van der Waals surface area contributed by atoms with Gasteiger partial charge in [0.25, 0.3) is 0 Å². The minimum absolute atomic E-state index is 0.427. The number of hydrogen-bond donors (Lipinski definition) is 3. The second-order valence-corrected chi connectivity index (χ2v) is 5.88. The molecule has 108 valence electrons. The molecule has 0 aliphatic carbocycles. The third-order valence-electron chi connectivity index (χ3n) is 3.10. The van der Waals surface area contributed by atoms with Crippen molar-refractivity contribution in [2.24, 2.45) is 5.84 Å². The van der Waals surface area contributed by atoms with E-state index < -0.39 is 0 Å². The molecule has 0 spiro atoms. The topological polar surface area (TPSA) is 88.8 Å². The van der Waals surface area contributed by atoms with Crippen molar-refractivity contribution in [2.45, 2.75) is 13.3 Å². The molecule has 7 heteroatoms. The second kappa shape index (κ2) is 6.02. The second-order valence-electron chi connectivity index (χ2n) is 4.65. The van der Waals surface area contributed by atoms with Crippen LogP contribution in [0, 0.1) is 6.92 Å². The van der Waals surface area contributed by atoms with E-state index in [4.69, 9.17) is 5.84 Å². The van der Waals surface area contributed by atoms with Crippen molar-refractivity contribution in [3.8, 4) is 0 Å². The minimum Gasteiger partial charge on any atom is -0.369 e. The lowest BCUT2D eigenvalue weighted by molar-refractivity contribution is 0.999. The van der Waals surface area contributed by atoms with Crippen molar-refractivity contribution in [1.29, 1.82) is 0 Å². The van der Waals surface area contributed by atoms with Gasteiger partial charge in [0.1, 0.15) is 10.6 Å². The first-order valence-corrected chi connectivity index (χ1v) is 7.45. The number of nitrogens with one attached hydrogen (secondary N) is 2. The van der Waals surface area contributed by atoms with E-state index in [-0.39, 0.29) is 0 Å². The zero-order valence-electron chi connectivity index (χ0n) is 11.6. The van der Waals surface area contributed by atoms with Gasteiger partial charge in [-0.1, -0.05) is 0 Å². The van der Waals surface area contributed by atoms with Gasteiger partial charge in [-0.15, -0.1) is 11.3 Å². The Bertz CT molecular complexity index is 740. The molecule has 3 rings (SSSR count). The number of nitrogens with two attached hydrogens (primary N) is 1. The molecular weight excluding hydrogens is 284 g/mol. The lowest BCUT2D eigenvalue weighted by atomic mass is 10.2. The summed E-state index contributed by atoms with van der Waals surface area (Å²) >= 11 is 1.63. The number of aryl methyl sites for hydroxylation is 1. The first-order valence-electron chi connectivity index (χ1n) is 6.64. The Hall–Kier alpha value is -2.25. The number of nitrogens with zero attached hydrogens (tertiary/aromatic N) is 3. The Kier molecular flexibility index (Phi) is 3.94. The van der Waals surface area contributed by atoms with E-state index in [1.165, 1.54) is 10.4 Å². The molecule has 3 heterocycles. The Balaban J connectivity index is 1.79. The zero-order valence-corrected chi connectivity index (χ0v) is 12.4. The van der Waals surface area contributed by atoms with E-state index in [1.807, 2.05) is 12.1 Å². The number of nitrogen functional groups attached to an aromatic ring is 1. The Labute approximate surface area is 126 Å². The third-order valence-corrected chi connectivity index (χ3v) is 4.04. The highest BCUT2D eigenvalue weighted by molar-refractivity contribution is 7.18. The Morgan fingerprint density at radius 2 is 2.05 bits per heavy atom. The molecule has 0 saturated carbocycles. The summed E-state index contributed by atoms with van der Waals surface area (Å²) in [6, 6.07) is 6.12. The highest BCUT2D eigenvalue weighted by Crippen LogP contribution is 2.29. The summed E-state index contributed by atoms with van der Waals surface area (Å²) in [5.74, 6) is 6.67. The molecule has 0 fully saturated rings. The normalized spacial score (nSPS) is 10.8. The van der Waals surface area contributed by atoms with E-state index >= 15 is 0 Å². The summed E-state index contributed by atoms with van der Waals surface area (Å²) in [5, 5.41) is 4.40. The molecule has 0 unspecified atom stereocenters. The molecule has 0 aromatic carbocycles. The van der Waals surface area contributed by atoms with Crippen molar-refractivity contribution in [3.05, 3.63) is 41.0 Å². The molecule has 0 aliphatic heterocycles. The number of rotatable bonds is 5. The van der Waals surface area contributed by atoms with Crippen LogP contribution in [-0.2, 0) is 6.42 Å². The van der Waals surface area contributed by atoms with Crippen LogP contribution in [0.1, 0.15) is 10.4 Å². The summed E-state index contributed by atoms with van der Waals surface area (Å²) in [7, 11) is 0. The van der Waals surface area contributed by atoms with Crippen LogP contribution in [-0.4, -0.2) is 21.5 Å². The molecule has 0 atom stereocenters. The first kappa shape index (κ1) is 13.7. The zero-order chi connectivity index (χ0) is 14.7. The lowest BCUT2D eigenvalue weighted by Gasteiger charge is -2.08. The minimum atomic E-state index is 0.427. The van der Waals surface area contributed by atoms with Crippen molar-refractivity contribution in [1.82, 2.24) is 15.0 Å². The van der Waals surface area contributed by atoms with Gasteiger partial charge in [-0.05, 0) is 37.1 Å². The van der Waals surface area contributed by atoms with Gasteiger partial charge in [0.05, 0.1) is 5.39 Å². The summed E-state index contributed by atoms with van der Waals surface area (Å²) in [4.78, 5) is 14.9. The van der Waals surface area contributed by atoms with Gasteiger partial charge in [0.15, 0.2) is 0 Å². The molecule has 0 saturated heterocycles. The molecule has 3 aromatic rings. The molecule has 0 bridgehead atoms. The van der Waals surface area contributed by atoms with Gasteiger partial charge >= 0.3 is 0 Å². The van der Waals surface area contributed by atoms with Gasteiger partial charge < -0.3 is 5.32 Å². The Morgan fingerprint density at radius 3 is 2.81 bits per heavy atom. The maximum atomic E-state index is 5.43. The van der Waals surface area contributed by atoms with Crippen LogP contribution in [0.2, 0.25) is 0 Å². The summed E-state index contributed by atoms with van der Waals surface area (Å²) < 4.78 is 0. The van der Waals surface area contributed by atoms with E-state index in [2.05, 4.69) is 38.7 Å². The number of fused-ring (bicyclic) bond motifs is 1. The largest absolute Gasteiger partial charge is 0.369 e. The van der Waals surface area contributed by atoms with Crippen molar-refractivity contribution >= 4 is 33.3 Å². The van der Waals surface area contributed by atoms with Crippen LogP contribution in [0.3, 0.4) is 0 Å². The molecule has 0 radical (unpaired) electrons. The number of hydrazine groups is 1. The van der Waals surface area contributed by atoms with E-state index in [1.54, 1.807) is 23.7 Å². The summed E-state index contributed by atoms with van der Waals surface area (Å²) in [6.07, 6.45) is 4.51. The standard InChI is InChI=1S/C14H16N6S/c1-9-8-11-12(18-14(20-15)19-13(11)21-9)17-7-4-10-2-5-16-6-3-10/h2-3,5-6,8H,4,7,15H2,1H3,(H2,17,18,19,20). The highest BCUT2D eigenvalue weighted by atomic mass is 32.1. The summed E-state index contributed by atoms with van der Waals surface area (Å²) in [5.41, 5.74) is 3.75. The maximum absolute atomic E-state index is 5.43. The average molecular weight is 300 g/mol. The van der Waals surface area contributed by atoms with Crippen LogP contribution < -0.4 is 16.6 Å². The van der Waals surface area contributed by atoms with Crippen LogP contribution in [0.5, 0.6) is 0 Å². The highest BCUT2D eigenvalue weighted by Gasteiger charge is 2.09. The molecule has 21 heavy (non-hydrogen) atoms. The van der Waals surface area contributed by atoms with Crippen LogP contribution >= 0.6 is 11.3 Å². The fraction of sp³-hybridized carbons (Fsp3) is 0.214. The third kappa shape index (κ3) is 3.09. The number of hydrogen-bond acceptors (Lipinski definition) is 7. The van der Waals surface area contributed by atoms with Crippen molar-refractivity contribution in [3.63, 3.8) is 0 Å². The van der Waals surface area contributed by atoms with E-state index in [9.17, 15) is 0 Å². The van der Waals surface area contributed by atoms with Gasteiger partial charge in [0, 0.05) is 23.8 Å². The number of pyridine rings is 1. The number of aromatic nitrogens is 3. The predicted molar refractivity (Wildman–Crippen MR) is 86.4 cm³/mol. The van der Waals surface area contributed by atoms with Gasteiger partial charge in [-0.3, -0.25) is 10.4 Å². The predicted octanol–water partition coefficient (Wildman–Crippen LogP) is 2.33. The number of thiophene rings is 1.